The van der Waals surface area contributed by atoms with Crippen LogP contribution in [0.4, 0.5) is 5.69 Å². The van der Waals surface area contributed by atoms with Gasteiger partial charge in [-0.25, -0.2) is 0 Å². The fourth-order valence-corrected chi connectivity index (χ4v) is 3.79. The van der Waals surface area contributed by atoms with Crippen molar-refractivity contribution in [1.82, 2.24) is 4.90 Å². The molecule has 4 heteroatoms. The van der Waals surface area contributed by atoms with Crippen LogP contribution in [0, 0.1) is 5.92 Å². The van der Waals surface area contributed by atoms with E-state index in [-0.39, 0.29) is 12.4 Å². The molecule has 23 heavy (non-hydrogen) atoms. The zero-order valence-corrected chi connectivity index (χ0v) is 14.9. The van der Waals surface area contributed by atoms with Gasteiger partial charge in [-0.2, -0.15) is 0 Å². The van der Waals surface area contributed by atoms with Gasteiger partial charge in [0.25, 0.3) is 0 Å². The number of benzene rings is 1. The minimum atomic E-state index is 0. The first-order valence-corrected chi connectivity index (χ1v) is 8.83. The van der Waals surface area contributed by atoms with Crippen LogP contribution in [-0.4, -0.2) is 22.9 Å². The molecule has 2 N–H and O–H groups in total. The molecule has 3 rings (SSSR count). The second-order valence-electron chi connectivity index (χ2n) is 7.03. The van der Waals surface area contributed by atoms with Crippen LogP contribution in [0.5, 0.6) is 0 Å². The Hall–Kier alpha value is -1.22. The van der Waals surface area contributed by atoms with E-state index in [2.05, 4.69) is 11.8 Å². The van der Waals surface area contributed by atoms with Gasteiger partial charge in [0.1, 0.15) is 0 Å². The molecule has 1 amide bonds. The van der Waals surface area contributed by atoms with Gasteiger partial charge in [0, 0.05) is 17.8 Å². The molecule has 2 aliphatic carbocycles. The van der Waals surface area contributed by atoms with Crippen LogP contribution in [0.1, 0.15) is 57.4 Å². The number of rotatable bonds is 5. The topological polar surface area (TPSA) is 46.3 Å². The highest BCUT2D eigenvalue weighted by Crippen LogP contribution is 2.36. The molecule has 0 unspecified atom stereocenters. The Bertz CT molecular complexity index is 505. The normalized spacial score (nSPS) is 23.9. The van der Waals surface area contributed by atoms with Crippen LogP contribution in [0.25, 0.3) is 0 Å². The van der Waals surface area contributed by atoms with E-state index in [9.17, 15) is 4.79 Å². The fraction of sp³-hybridized carbons (Fsp3) is 0.632. The molecular formula is C19H29ClN2O. The highest BCUT2D eigenvalue weighted by Gasteiger charge is 2.38. The third-order valence-electron chi connectivity index (χ3n) is 5.35. The standard InChI is InChI=1S/C19H28N2O.ClH/c1-2-14-5-9-17(10-6-14)21(18-11-12-18)19(22)13-15-3-7-16(20)8-4-15;/h3-4,7-8,14,17-18H,2,5-6,9-13,20H2,1H3;1H. The van der Waals surface area contributed by atoms with Gasteiger partial charge in [-0.15, -0.1) is 12.4 Å². The highest BCUT2D eigenvalue weighted by atomic mass is 35.5. The van der Waals surface area contributed by atoms with Gasteiger partial charge in [0.2, 0.25) is 5.91 Å². The Kier molecular flexibility index (Phi) is 6.34. The number of nitrogen functional groups attached to an aromatic ring is 1. The van der Waals surface area contributed by atoms with E-state index in [4.69, 9.17) is 5.73 Å². The van der Waals surface area contributed by atoms with Crippen molar-refractivity contribution < 1.29 is 4.79 Å². The van der Waals surface area contributed by atoms with Gasteiger partial charge in [-0.05, 0) is 62.1 Å². The molecule has 128 valence electrons. The molecule has 0 heterocycles. The number of hydrogen-bond donors (Lipinski definition) is 1. The molecule has 0 radical (unpaired) electrons. The molecule has 1 aromatic rings. The lowest BCUT2D eigenvalue weighted by Crippen LogP contribution is -2.44. The molecule has 0 spiro atoms. The fourth-order valence-electron chi connectivity index (χ4n) is 3.79. The van der Waals surface area contributed by atoms with Crippen LogP contribution in [-0.2, 0) is 11.2 Å². The quantitative estimate of drug-likeness (QED) is 0.819. The van der Waals surface area contributed by atoms with Crippen LogP contribution < -0.4 is 5.73 Å². The largest absolute Gasteiger partial charge is 0.399 e. The average molecular weight is 337 g/mol. The van der Waals surface area contributed by atoms with Crippen molar-refractivity contribution in [2.45, 2.75) is 70.4 Å². The summed E-state index contributed by atoms with van der Waals surface area (Å²) in [6.45, 7) is 2.29. The number of hydrogen-bond acceptors (Lipinski definition) is 2. The zero-order valence-electron chi connectivity index (χ0n) is 14.0. The molecule has 2 aliphatic rings. The number of nitrogens with two attached hydrogens (primary N) is 1. The van der Waals surface area contributed by atoms with Crippen molar-refractivity contribution in [2.24, 2.45) is 5.92 Å². The molecule has 3 nitrogen and oxygen atoms in total. The minimum Gasteiger partial charge on any atom is -0.399 e. The molecule has 0 aliphatic heterocycles. The summed E-state index contributed by atoms with van der Waals surface area (Å²) in [5.41, 5.74) is 7.56. The Morgan fingerprint density at radius 2 is 1.57 bits per heavy atom. The van der Waals surface area contributed by atoms with Gasteiger partial charge in [0.05, 0.1) is 6.42 Å². The van der Waals surface area contributed by atoms with Crippen LogP contribution in [0.15, 0.2) is 24.3 Å². The van der Waals surface area contributed by atoms with Gasteiger partial charge in [-0.3, -0.25) is 4.79 Å². The van der Waals surface area contributed by atoms with E-state index in [1.165, 1.54) is 44.9 Å². The van der Waals surface area contributed by atoms with E-state index >= 15 is 0 Å². The average Bonchev–Trinajstić information content (AvgIpc) is 3.35. The van der Waals surface area contributed by atoms with Crippen molar-refractivity contribution in [3.63, 3.8) is 0 Å². The molecule has 2 fully saturated rings. The second kappa shape index (κ2) is 8.05. The molecule has 2 saturated carbocycles. The van der Waals surface area contributed by atoms with E-state index < -0.39 is 0 Å². The smallest absolute Gasteiger partial charge is 0.227 e. The maximum Gasteiger partial charge on any atom is 0.227 e. The van der Waals surface area contributed by atoms with Crippen molar-refractivity contribution in [3.8, 4) is 0 Å². The summed E-state index contributed by atoms with van der Waals surface area (Å²) < 4.78 is 0. The zero-order chi connectivity index (χ0) is 15.5. The van der Waals surface area contributed by atoms with Crippen molar-refractivity contribution in [3.05, 3.63) is 29.8 Å². The first kappa shape index (κ1) is 18.1. The Labute approximate surface area is 146 Å². The molecule has 0 bridgehead atoms. The Balaban J connectivity index is 0.00000192. The van der Waals surface area contributed by atoms with Gasteiger partial charge >= 0.3 is 0 Å². The summed E-state index contributed by atoms with van der Waals surface area (Å²) >= 11 is 0. The maximum atomic E-state index is 12.8. The third-order valence-corrected chi connectivity index (χ3v) is 5.35. The predicted molar refractivity (Wildman–Crippen MR) is 97.7 cm³/mol. The van der Waals surface area contributed by atoms with E-state index in [1.807, 2.05) is 24.3 Å². The summed E-state index contributed by atoms with van der Waals surface area (Å²) in [5, 5.41) is 0. The first-order chi connectivity index (χ1) is 10.7. The summed E-state index contributed by atoms with van der Waals surface area (Å²) in [6.07, 6.45) is 9.17. The lowest BCUT2D eigenvalue weighted by atomic mass is 9.83. The van der Waals surface area contributed by atoms with Crippen LogP contribution in [0.3, 0.4) is 0 Å². The Morgan fingerprint density at radius 1 is 1.04 bits per heavy atom. The summed E-state index contributed by atoms with van der Waals surface area (Å²) in [4.78, 5) is 15.1. The van der Waals surface area contributed by atoms with E-state index in [1.54, 1.807) is 0 Å². The second-order valence-corrected chi connectivity index (χ2v) is 7.03. The van der Waals surface area contributed by atoms with E-state index in [0.717, 1.165) is 17.2 Å². The van der Waals surface area contributed by atoms with Crippen molar-refractivity contribution >= 4 is 24.0 Å². The van der Waals surface area contributed by atoms with Gasteiger partial charge in [0.15, 0.2) is 0 Å². The molecule has 0 saturated heterocycles. The number of halogens is 1. The van der Waals surface area contributed by atoms with Crippen LogP contribution in [0.2, 0.25) is 0 Å². The maximum absolute atomic E-state index is 12.8. The number of carbonyl (C=O) groups is 1. The summed E-state index contributed by atoms with van der Waals surface area (Å²) in [5.74, 6) is 1.19. The summed E-state index contributed by atoms with van der Waals surface area (Å²) in [6, 6.07) is 8.73. The number of amides is 1. The predicted octanol–water partition coefficient (Wildman–Crippen LogP) is 4.19. The highest BCUT2D eigenvalue weighted by molar-refractivity contribution is 5.85. The van der Waals surface area contributed by atoms with Crippen molar-refractivity contribution in [2.75, 3.05) is 5.73 Å². The SMILES string of the molecule is CCC1CCC(N(C(=O)Cc2ccc(N)cc2)C2CC2)CC1.Cl. The van der Waals surface area contributed by atoms with Gasteiger partial charge in [-0.1, -0.05) is 25.5 Å². The number of carbonyl (C=O) groups excluding carboxylic acids is 1. The monoisotopic (exact) mass is 336 g/mol. The number of anilines is 1. The van der Waals surface area contributed by atoms with Gasteiger partial charge < -0.3 is 10.6 Å². The summed E-state index contributed by atoms with van der Waals surface area (Å²) in [7, 11) is 0. The molecular weight excluding hydrogens is 308 g/mol. The van der Waals surface area contributed by atoms with Crippen LogP contribution >= 0.6 is 12.4 Å². The lowest BCUT2D eigenvalue weighted by Gasteiger charge is -2.37. The molecule has 0 atom stereocenters. The van der Waals surface area contributed by atoms with Crippen molar-refractivity contribution in [1.29, 1.82) is 0 Å². The molecule has 1 aromatic carbocycles. The third kappa shape index (κ3) is 4.63. The Morgan fingerprint density at radius 3 is 2.04 bits per heavy atom. The minimum absolute atomic E-state index is 0. The van der Waals surface area contributed by atoms with E-state index in [0.29, 0.717) is 24.4 Å². The first-order valence-electron chi connectivity index (χ1n) is 8.83. The lowest BCUT2D eigenvalue weighted by molar-refractivity contribution is -0.134. The number of nitrogens with zero attached hydrogens (tertiary/aromatic N) is 1. The molecule has 0 aromatic heterocycles.